The van der Waals surface area contributed by atoms with Gasteiger partial charge in [-0.25, -0.2) is 0 Å². The molecule has 0 amide bonds. The fourth-order valence-electron chi connectivity index (χ4n) is 5.54. The van der Waals surface area contributed by atoms with Gasteiger partial charge in [-0.15, -0.1) is 0 Å². The van der Waals surface area contributed by atoms with Gasteiger partial charge < -0.3 is 19.7 Å². The third-order valence-electron chi connectivity index (χ3n) is 8.74. The fourth-order valence-corrected chi connectivity index (χ4v) is 5.54. The van der Waals surface area contributed by atoms with Crippen LogP contribution in [0.2, 0.25) is 0 Å². The Balaban J connectivity index is 3.89. The van der Waals surface area contributed by atoms with Crippen LogP contribution in [0, 0.1) is 0 Å². The second-order valence-corrected chi connectivity index (χ2v) is 13.1. The standard InChI is InChI=1S/C42H79NO4/c1-4-7-9-11-13-15-17-19-21-23-25-27-29-31-33-35-37-46-39-41(42(45)43(6-3)40-44)47-38-36-34-32-30-28-26-24-22-20-18-16-14-12-10-8-5-2/h13-16,19-22,41-42,44-45H,4-12,17-18,23-40H2,1-3H3/b15-13-,16-14-,21-19-,22-20-. The number of unbranched alkanes of at least 4 members (excludes halogenated alkanes) is 18. The van der Waals surface area contributed by atoms with Gasteiger partial charge in [0, 0.05) is 19.8 Å². The number of nitrogens with zero attached hydrogens (tertiary/aromatic N) is 1. The van der Waals surface area contributed by atoms with E-state index < -0.39 is 12.3 Å². The summed E-state index contributed by atoms with van der Waals surface area (Å²) in [5, 5.41) is 20.4. The van der Waals surface area contributed by atoms with E-state index in [4.69, 9.17) is 9.47 Å². The molecule has 5 nitrogen and oxygen atoms in total. The van der Waals surface area contributed by atoms with Crippen molar-refractivity contribution >= 4 is 0 Å². The molecule has 0 saturated heterocycles. The monoisotopic (exact) mass is 662 g/mol. The molecule has 0 radical (unpaired) electrons. The Kier molecular flexibility index (Phi) is 38.2. The molecule has 0 aliphatic carbocycles. The van der Waals surface area contributed by atoms with Crippen molar-refractivity contribution in [2.75, 3.05) is 33.1 Å². The highest BCUT2D eigenvalue weighted by Crippen LogP contribution is 2.13. The first-order chi connectivity index (χ1) is 23.2. The van der Waals surface area contributed by atoms with Crippen LogP contribution in [0.15, 0.2) is 48.6 Å². The van der Waals surface area contributed by atoms with Crippen molar-refractivity contribution < 1.29 is 19.7 Å². The zero-order valence-corrected chi connectivity index (χ0v) is 31.4. The molecule has 0 aromatic rings. The summed E-state index contributed by atoms with van der Waals surface area (Å²) in [6, 6.07) is 0. The second kappa shape index (κ2) is 39.2. The summed E-state index contributed by atoms with van der Waals surface area (Å²) in [6.45, 7) is 8.49. The molecule has 0 bridgehead atoms. The van der Waals surface area contributed by atoms with Gasteiger partial charge in [-0.1, -0.05) is 146 Å². The van der Waals surface area contributed by atoms with Crippen LogP contribution in [-0.4, -0.2) is 60.5 Å². The number of rotatable bonds is 37. The molecule has 5 heteroatoms. The van der Waals surface area contributed by atoms with E-state index in [9.17, 15) is 10.2 Å². The summed E-state index contributed by atoms with van der Waals surface area (Å²) in [4.78, 5) is 1.62. The Hall–Kier alpha value is -1.24. The van der Waals surface area contributed by atoms with Gasteiger partial charge >= 0.3 is 0 Å². The average Bonchev–Trinajstić information content (AvgIpc) is 3.08. The van der Waals surface area contributed by atoms with E-state index in [-0.39, 0.29) is 6.73 Å². The van der Waals surface area contributed by atoms with E-state index >= 15 is 0 Å². The summed E-state index contributed by atoms with van der Waals surface area (Å²) in [5.74, 6) is 0. The van der Waals surface area contributed by atoms with Crippen LogP contribution in [-0.2, 0) is 9.47 Å². The SMILES string of the molecule is CCCCC/C=C\C/C=C\CCCCCCCCOCC(OCCCCCCCC/C=C\C/C=C\CCCCC)C(O)N(CC)CO. The van der Waals surface area contributed by atoms with Gasteiger partial charge in [0.1, 0.15) is 12.3 Å². The first kappa shape index (κ1) is 45.8. The molecule has 0 spiro atoms. The van der Waals surface area contributed by atoms with Gasteiger partial charge in [0.15, 0.2) is 0 Å². The van der Waals surface area contributed by atoms with Crippen molar-refractivity contribution in [2.24, 2.45) is 0 Å². The van der Waals surface area contributed by atoms with Gasteiger partial charge in [-0.3, -0.25) is 4.90 Å². The van der Waals surface area contributed by atoms with Gasteiger partial charge in [0.2, 0.25) is 0 Å². The Bertz CT molecular complexity index is 715. The lowest BCUT2D eigenvalue weighted by Gasteiger charge is -2.31. The number of aliphatic hydroxyl groups is 2. The molecule has 0 aromatic carbocycles. The average molecular weight is 662 g/mol. The van der Waals surface area contributed by atoms with Crippen molar-refractivity contribution in [1.29, 1.82) is 0 Å². The Morgan fingerprint density at radius 1 is 0.511 bits per heavy atom. The molecule has 2 atom stereocenters. The van der Waals surface area contributed by atoms with Gasteiger partial charge in [0.25, 0.3) is 0 Å². The van der Waals surface area contributed by atoms with E-state index in [1.807, 2.05) is 6.92 Å². The highest BCUT2D eigenvalue weighted by atomic mass is 16.5. The predicted molar refractivity (Wildman–Crippen MR) is 205 cm³/mol. The smallest absolute Gasteiger partial charge is 0.137 e. The predicted octanol–water partition coefficient (Wildman–Crippen LogP) is 11.6. The molecule has 2 N–H and O–H groups in total. The molecule has 0 aliphatic heterocycles. The summed E-state index contributed by atoms with van der Waals surface area (Å²) < 4.78 is 12.0. The Labute approximate surface area is 293 Å². The molecular weight excluding hydrogens is 582 g/mol. The number of ether oxygens (including phenoxy) is 2. The van der Waals surface area contributed by atoms with Gasteiger partial charge in [-0.05, 0) is 77.0 Å². The molecule has 0 aliphatic rings. The lowest BCUT2D eigenvalue weighted by Crippen LogP contribution is -2.47. The maximum atomic E-state index is 10.8. The lowest BCUT2D eigenvalue weighted by molar-refractivity contribution is -0.151. The number of allylic oxidation sites excluding steroid dienone is 8. The van der Waals surface area contributed by atoms with Crippen LogP contribution in [0.1, 0.15) is 175 Å². The molecule has 2 unspecified atom stereocenters. The van der Waals surface area contributed by atoms with Crippen molar-refractivity contribution in [1.82, 2.24) is 4.90 Å². The van der Waals surface area contributed by atoms with Crippen molar-refractivity contribution in [3.63, 3.8) is 0 Å². The molecule has 276 valence electrons. The van der Waals surface area contributed by atoms with Gasteiger partial charge in [-0.2, -0.15) is 0 Å². The highest BCUT2D eigenvalue weighted by molar-refractivity contribution is 4.93. The minimum Gasteiger partial charge on any atom is -0.381 e. The van der Waals surface area contributed by atoms with Crippen LogP contribution in [0.3, 0.4) is 0 Å². The Morgan fingerprint density at radius 2 is 0.915 bits per heavy atom. The minimum absolute atomic E-state index is 0.186. The van der Waals surface area contributed by atoms with Crippen LogP contribution in [0.4, 0.5) is 0 Å². The van der Waals surface area contributed by atoms with Crippen LogP contribution >= 0.6 is 0 Å². The number of aliphatic hydroxyl groups excluding tert-OH is 2. The first-order valence-electron chi connectivity index (χ1n) is 20.0. The molecule has 0 fully saturated rings. The van der Waals surface area contributed by atoms with E-state index in [0.717, 1.165) is 32.1 Å². The van der Waals surface area contributed by atoms with Gasteiger partial charge in [0.05, 0.1) is 13.3 Å². The van der Waals surface area contributed by atoms with Crippen molar-refractivity contribution in [2.45, 2.75) is 187 Å². The Morgan fingerprint density at radius 3 is 1.34 bits per heavy atom. The van der Waals surface area contributed by atoms with E-state index in [1.54, 1.807) is 4.90 Å². The normalized spacial score (nSPS) is 13.8. The molecule has 0 aromatic heterocycles. The second-order valence-electron chi connectivity index (χ2n) is 13.1. The zero-order chi connectivity index (χ0) is 34.3. The number of hydrogen-bond donors (Lipinski definition) is 2. The summed E-state index contributed by atoms with van der Waals surface area (Å²) in [7, 11) is 0. The van der Waals surface area contributed by atoms with E-state index in [1.165, 1.54) is 122 Å². The van der Waals surface area contributed by atoms with Crippen molar-refractivity contribution in [3.8, 4) is 0 Å². The maximum Gasteiger partial charge on any atom is 0.137 e. The topological polar surface area (TPSA) is 62.2 Å². The fraction of sp³-hybridized carbons (Fsp3) is 0.810. The zero-order valence-electron chi connectivity index (χ0n) is 31.4. The molecule has 0 saturated carbocycles. The lowest BCUT2D eigenvalue weighted by atomic mass is 10.1. The minimum atomic E-state index is -0.856. The summed E-state index contributed by atoms with van der Waals surface area (Å²) in [5.41, 5.74) is 0. The first-order valence-corrected chi connectivity index (χ1v) is 20.0. The molecule has 47 heavy (non-hydrogen) atoms. The third kappa shape index (κ3) is 33.1. The maximum absolute atomic E-state index is 10.8. The van der Waals surface area contributed by atoms with Crippen LogP contribution in [0.5, 0.6) is 0 Å². The summed E-state index contributed by atoms with van der Waals surface area (Å²) in [6.07, 6.45) is 46.6. The highest BCUT2D eigenvalue weighted by Gasteiger charge is 2.25. The largest absolute Gasteiger partial charge is 0.381 e. The van der Waals surface area contributed by atoms with E-state index in [0.29, 0.717) is 26.4 Å². The summed E-state index contributed by atoms with van der Waals surface area (Å²) >= 11 is 0. The van der Waals surface area contributed by atoms with Crippen LogP contribution < -0.4 is 0 Å². The van der Waals surface area contributed by atoms with E-state index in [2.05, 4.69) is 62.5 Å². The molecule has 0 heterocycles. The molecular formula is C42H79NO4. The third-order valence-corrected chi connectivity index (χ3v) is 8.74. The quantitative estimate of drug-likeness (QED) is 0.0394. The number of hydrogen-bond acceptors (Lipinski definition) is 5. The van der Waals surface area contributed by atoms with Crippen LogP contribution in [0.25, 0.3) is 0 Å². The number of likely N-dealkylation sites (N-methyl/N-ethyl adjacent to an activating group) is 1. The molecule has 0 rings (SSSR count). The van der Waals surface area contributed by atoms with Crippen molar-refractivity contribution in [3.05, 3.63) is 48.6 Å².